The number of rotatable bonds is 2. The molecule has 0 atom stereocenters. The Morgan fingerprint density at radius 3 is 1.50 bits per heavy atom. The number of imide groups is 5. The van der Waals surface area contributed by atoms with Crippen LogP contribution in [0.25, 0.3) is 0 Å². The molecule has 2 aromatic rings. The maximum atomic E-state index is 13.5. The zero-order valence-corrected chi connectivity index (χ0v) is 31.6. The zero-order chi connectivity index (χ0) is 38.2. The van der Waals surface area contributed by atoms with Crippen molar-refractivity contribution in [1.29, 1.82) is 0 Å². The summed E-state index contributed by atoms with van der Waals surface area (Å²) < 4.78 is 10.8. The molecule has 12 nitrogen and oxygen atoms in total. The summed E-state index contributed by atoms with van der Waals surface area (Å²) in [6.45, 7) is 14.1. The number of carbonyl (C=O) groups excluding carboxylic acids is 6. The molecule has 2 aliphatic carbocycles. The third-order valence-electron chi connectivity index (χ3n) is 10.3. The average molecular weight is 717 g/mol. The van der Waals surface area contributed by atoms with Crippen molar-refractivity contribution in [2.45, 2.75) is 141 Å². The third kappa shape index (κ3) is 8.16. The van der Waals surface area contributed by atoms with E-state index in [9.17, 15) is 28.8 Å². The van der Waals surface area contributed by atoms with E-state index in [1.54, 1.807) is 41.5 Å². The van der Waals surface area contributed by atoms with Crippen molar-refractivity contribution in [2.24, 2.45) is 0 Å². The SMILES string of the molecule is Cc1ccc(C2CCC3(CC2)C(=O)N(C(=O)OC(C)(C)C)C(=O)N3C(=O)OC(C)(C)C)cc1.Cc1ccc(C2CCC3(CC2)NC(=O)NC3=O)cc1. The first kappa shape index (κ1) is 38.5. The lowest BCUT2D eigenvalue weighted by atomic mass is 9.73. The highest BCUT2D eigenvalue weighted by molar-refractivity contribution is 6.20. The van der Waals surface area contributed by atoms with Gasteiger partial charge in [0.15, 0.2) is 0 Å². The number of urea groups is 2. The van der Waals surface area contributed by atoms with Crippen LogP contribution in [0.3, 0.4) is 0 Å². The van der Waals surface area contributed by atoms with Crippen LogP contribution in [0.2, 0.25) is 0 Å². The molecular weight excluding hydrogens is 664 g/mol. The van der Waals surface area contributed by atoms with Crippen LogP contribution in [0.1, 0.15) is 127 Å². The average Bonchev–Trinajstić information content (AvgIpc) is 3.44. The number of hydrogen-bond acceptors (Lipinski definition) is 8. The van der Waals surface area contributed by atoms with Crippen LogP contribution in [0.15, 0.2) is 48.5 Å². The third-order valence-corrected chi connectivity index (χ3v) is 10.3. The van der Waals surface area contributed by atoms with Gasteiger partial charge in [-0.05, 0) is 130 Å². The Balaban J connectivity index is 0.000000231. The minimum Gasteiger partial charge on any atom is -0.443 e. The van der Waals surface area contributed by atoms with E-state index in [1.165, 1.54) is 11.1 Å². The molecule has 0 radical (unpaired) electrons. The number of ether oxygens (including phenoxy) is 2. The fourth-order valence-electron chi connectivity index (χ4n) is 7.57. The van der Waals surface area contributed by atoms with Crippen LogP contribution in [0, 0.1) is 13.8 Å². The van der Waals surface area contributed by atoms with E-state index in [2.05, 4.69) is 54.0 Å². The smallest absolute Gasteiger partial charge is 0.425 e. The Labute approximate surface area is 306 Å². The van der Waals surface area contributed by atoms with Gasteiger partial charge < -0.3 is 14.8 Å². The zero-order valence-electron chi connectivity index (χ0n) is 31.6. The summed E-state index contributed by atoms with van der Waals surface area (Å²) in [4.78, 5) is 77.1. The number of amides is 8. The topological polar surface area (TPSA) is 151 Å². The molecule has 0 unspecified atom stereocenters. The highest BCUT2D eigenvalue weighted by Gasteiger charge is 2.64. The molecule has 0 bridgehead atoms. The molecule has 280 valence electrons. The van der Waals surface area contributed by atoms with Gasteiger partial charge in [0.25, 0.3) is 11.8 Å². The number of nitrogens with one attached hydrogen (secondary N) is 2. The quantitative estimate of drug-likeness (QED) is 0.300. The molecule has 12 heteroatoms. The van der Waals surface area contributed by atoms with Crippen LogP contribution < -0.4 is 10.6 Å². The van der Waals surface area contributed by atoms with Gasteiger partial charge in [0.1, 0.15) is 22.3 Å². The van der Waals surface area contributed by atoms with Gasteiger partial charge in [-0.25, -0.2) is 24.1 Å². The van der Waals surface area contributed by atoms with Crippen LogP contribution in [-0.4, -0.2) is 68.1 Å². The second-order valence-electron chi connectivity index (χ2n) is 16.6. The molecule has 2 aromatic carbocycles. The van der Waals surface area contributed by atoms with Crippen molar-refractivity contribution in [3.63, 3.8) is 0 Å². The van der Waals surface area contributed by atoms with Crippen LogP contribution in [0.4, 0.5) is 19.2 Å². The van der Waals surface area contributed by atoms with E-state index in [0.29, 0.717) is 23.7 Å². The summed E-state index contributed by atoms with van der Waals surface area (Å²) in [5.74, 6) is -0.193. The van der Waals surface area contributed by atoms with Crippen molar-refractivity contribution in [3.8, 4) is 0 Å². The van der Waals surface area contributed by atoms with Crippen LogP contribution in [0.5, 0.6) is 0 Å². The van der Waals surface area contributed by atoms with Crippen molar-refractivity contribution in [1.82, 2.24) is 20.4 Å². The van der Waals surface area contributed by atoms with Gasteiger partial charge in [0.2, 0.25) is 0 Å². The summed E-state index contributed by atoms with van der Waals surface area (Å²) in [6, 6.07) is 15.5. The predicted molar refractivity (Wildman–Crippen MR) is 193 cm³/mol. The Morgan fingerprint density at radius 1 is 0.673 bits per heavy atom. The van der Waals surface area contributed by atoms with Crippen LogP contribution >= 0.6 is 0 Å². The Kier molecular flexibility index (Phi) is 10.6. The summed E-state index contributed by atoms with van der Waals surface area (Å²) >= 11 is 0. The monoisotopic (exact) mass is 716 g/mol. The van der Waals surface area contributed by atoms with E-state index in [0.717, 1.165) is 41.7 Å². The van der Waals surface area contributed by atoms with E-state index >= 15 is 0 Å². The Morgan fingerprint density at radius 2 is 1.10 bits per heavy atom. The van der Waals surface area contributed by atoms with Gasteiger partial charge in [0, 0.05) is 0 Å². The second-order valence-corrected chi connectivity index (χ2v) is 16.6. The lowest BCUT2D eigenvalue weighted by Gasteiger charge is -2.40. The second kappa shape index (κ2) is 14.4. The molecule has 2 spiro atoms. The number of aryl methyl sites for hydroxylation is 2. The molecule has 2 N–H and O–H groups in total. The normalized spacial score (nSPS) is 26.2. The highest BCUT2D eigenvalue weighted by Crippen LogP contribution is 2.46. The first-order valence-electron chi connectivity index (χ1n) is 18.2. The minimum absolute atomic E-state index is 0.153. The number of hydrogen-bond donors (Lipinski definition) is 2. The number of benzene rings is 2. The minimum atomic E-state index is -1.46. The summed E-state index contributed by atoms with van der Waals surface area (Å²) in [5, 5.41) is 5.15. The Bertz CT molecular complexity index is 1710. The first-order valence-corrected chi connectivity index (χ1v) is 18.2. The van der Waals surface area contributed by atoms with Gasteiger partial charge in [0.05, 0.1) is 0 Å². The molecule has 4 aliphatic rings. The van der Waals surface area contributed by atoms with Gasteiger partial charge in [-0.1, -0.05) is 59.7 Å². The fraction of sp³-hybridized carbons (Fsp3) is 0.550. The molecule has 2 saturated heterocycles. The van der Waals surface area contributed by atoms with Crippen molar-refractivity contribution in [3.05, 3.63) is 70.8 Å². The van der Waals surface area contributed by atoms with E-state index in [-0.39, 0.29) is 30.7 Å². The summed E-state index contributed by atoms with van der Waals surface area (Å²) in [5.41, 5.74) is 1.03. The van der Waals surface area contributed by atoms with Crippen molar-refractivity contribution in [2.75, 3.05) is 0 Å². The molecule has 2 heterocycles. The maximum Gasteiger partial charge on any atom is 0.425 e. The highest BCUT2D eigenvalue weighted by atomic mass is 16.6. The van der Waals surface area contributed by atoms with Gasteiger partial charge in [-0.15, -0.1) is 0 Å². The van der Waals surface area contributed by atoms with E-state index in [4.69, 9.17) is 9.47 Å². The molecule has 4 fully saturated rings. The first-order chi connectivity index (χ1) is 24.2. The van der Waals surface area contributed by atoms with Gasteiger partial charge in [-0.2, -0.15) is 4.90 Å². The molecule has 52 heavy (non-hydrogen) atoms. The lowest BCUT2D eigenvalue weighted by molar-refractivity contribution is -0.134. The lowest BCUT2D eigenvalue weighted by Crippen LogP contribution is -2.55. The van der Waals surface area contributed by atoms with E-state index in [1.807, 2.05) is 19.1 Å². The van der Waals surface area contributed by atoms with Gasteiger partial charge >= 0.3 is 24.2 Å². The summed E-state index contributed by atoms with van der Waals surface area (Å²) in [6.07, 6.45) is 2.99. The predicted octanol–water partition coefficient (Wildman–Crippen LogP) is 7.76. The molecule has 8 amide bonds. The molecule has 6 rings (SSSR count). The largest absolute Gasteiger partial charge is 0.443 e. The molecule has 2 aliphatic heterocycles. The molecule has 2 saturated carbocycles. The number of nitrogens with zero attached hydrogens (tertiary/aromatic N) is 2. The number of carbonyl (C=O) groups is 6. The maximum absolute atomic E-state index is 13.5. The Hall–Kier alpha value is -4.74. The fourth-order valence-corrected chi connectivity index (χ4v) is 7.57. The van der Waals surface area contributed by atoms with E-state index < -0.39 is 46.4 Å². The van der Waals surface area contributed by atoms with Crippen molar-refractivity contribution >= 4 is 36.1 Å². The van der Waals surface area contributed by atoms with Gasteiger partial charge in [-0.3, -0.25) is 14.9 Å². The summed E-state index contributed by atoms with van der Waals surface area (Å²) in [7, 11) is 0. The molecule has 0 aromatic heterocycles. The molecular formula is C40H52N4O8. The van der Waals surface area contributed by atoms with Crippen LogP contribution in [-0.2, 0) is 19.1 Å². The standard InChI is InChI=1S/C25H34N2O6.C15H18N2O2/c1-16-8-10-17(11-9-16)18-12-14-25(15-13-18)19(28)26(21(30)32-23(2,3)4)20(29)27(25)22(31)33-24(5,6)7;1-10-2-4-11(5-3-10)12-6-8-15(9-7-12)13(18)16-14(19)17-15/h8-11,18H,12-15H2,1-7H3;2-5,12H,6-9H2,1H3,(H2,16,17,18,19). The van der Waals surface area contributed by atoms with Crippen molar-refractivity contribution < 1.29 is 38.2 Å².